The van der Waals surface area contributed by atoms with E-state index in [4.69, 9.17) is 9.52 Å². The first-order chi connectivity index (χ1) is 8.40. The Bertz CT molecular complexity index is 459. The van der Waals surface area contributed by atoms with Gasteiger partial charge in [0, 0.05) is 12.1 Å². The highest BCUT2D eigenvalue weighted by Crippen LogP contribution is 2.09. The van der Waals surface area contributed by atoms with Crippen molar-refractivity contribution in [2.24, 2.45) is 0 Å². The van der Waals surface area contributed by atoms with Crippen LogP contribution in [0.25, 0.3) is 6.08 Å². The standard InChI is InChI=1S/C13H17NO4/c1-9(2)14(8-13(16)17)12(15)7-6-11-5-4-10(3)18-11/h4-7,9H,8H2,1-3H3,(H,16,17)/b7-6+. The van der Waals surface area contributed by atoms with Crippen LogP contribution in [0.1, 0.15) is 25.4 Å². The Kier molecular flexibility index (Phi) is 4.71. The fraction of sp³-hybridized carbons (Fsp3) is 0.385. The zero-order valence-electron chi connectivity index (χ0n) is 10.7. The second-order valence-corrected chi connectivity index (χ2v) is 4.24. The van der Waals surface area contributed by atoms with Crippen LogP contribution in [0.4, 0.5) is 0 Å². The molecule has 0 saturated heterocycles. The van der Waals surface area contributed by atoms with E-state index in [2.05, 4.69) is 0 Å². The number of nitrogens with zero attached hydrogens (tertiary/aromatic N) is 1. The number of hydrogen-bond acceptors (Lipinski definition) is 3. The molecule has 1 rings (SSSR count). The topological polar surface area (TPSA) is 70.8 Å². The van der Waals surface area contributed by atoms with Gasteiger partial charge < -0.3 is 14.4 Å². The lowest BCUT2D eigenvalue weighted by molar-refractivity contribution is -0.143. The third-order valence-electron chi connectivity index (χ3n) is 2.36. The van der Waals surface area contributed by atoms with Crippen molar-refractivity contribution in [2.45, 2.75) is 26.8 Å². The minimum absolute atomic E-state index is 0.170. The number of hydrogen-bond donors (Lipinski definition) is 1. The molecule has 0 saturated carbocycles. The molecule has 0 aliphatic rings. The molecule has 0 bridgehead atoms. The summed E-state index contributed by atoms with van der Waals surface area (Å²) in [5, 5.41) is 8.73. The van der Waals surface area contributed by atoms with Crippen molar-refractivity contribution in [1.82, 2.24) is 4.90 Å². The highest BCUT2D eigenvalue weighted by Gasteiger charge is 2.17. The monoisotopic (exact) mass is 251 g/mol. The van der Waals surface area contributed by atoms with Crippen molar-refractivity contribution in [3.63, 3.8) is 0 Å². The van der Waals surface area contributed by atoms with E-state index in [1.165, 1.54) is 17.1 Å². The van der Waals surface area contributed by atoms with Crippen LogP contribution in [0.15, 0.2) is 22.6 Å². The molecule has 0 fully saturated rings. The lowest BCUT2D eigenvalue weighted by Gasteiger charge is -2.23. The first kappa shape index (κ1) is 14.0. The Morgan fingerprint density at radius 2 is 2.11 bits per heavy atom. The third kappa shape index (κ3) is 4.08. The highest BCUT2D eigenvalue weighted by atomic mass is 16.4. The summed E-state index contributed by atoms with van der Waals surface area (Å²) < 4.78 is 5.28. The average Bonchev–Trinajstić information content (AvgIpc) is 2.68. The van der Waals surface area contributed by atoms with Gasteiger partial charge >= 0.3 is 5.97 Å². The number of carboxylic acids is 1. The Morgan fingerprint density at radius 1 is 1.44 bits per heavy atom. The summed E-state index contributed by atoms with van der Waals surface area (Å²) in [5.74, 6) is -0.0472. The van der Waals surface area contributed by atoms with Crippen molar-refractivity contribution in [3.8, 4) is 0 Å². The van der Waals surface area contributed by atoms with Crippen LogP contribution < -0.4 is 0 Å². The molecular formula is C13H17NO4. The number of aryl methyl sites for hydroxylation is 1. The number of furan rings is 1. The highest BCUT2D eigenvalue weighted by molar-refractivity contribution is 5.93. The normalized spacial score (nSPS) is 11.1. The molecule has 98 valence electrons. The van der Waals surface area contributed by atoms with E-state index < -0.39 is 5.97 Å². The summed E-state index contributed by atoms with van der Waals surface area (Å²) in [6, 6.07) is 3.37. The smallest absolute Gasteiger partial charge is 0.323 e. The van der Waals surface area contributed by atoms with Gasteiger partial charge in [-0.05, 0) is 39.0 Å². The van der Waals surface area contributed by atoms with E-state index in [1.807, 2.05) is 6.92 Å². The number of carboxylic acid groups (broad SMARTS) is 1. The van der Waals surface area contributed by atoms with Crippen molar-refractivity contribution in [2.75, 3.05) is 6.54 Å². The number of aliphatic carboxylic acids is 1. The molecule has 1 aromatic heterocycles. The molecule has 0 aromatic carbocycles. The second kappa shape index (κ2) is 6.05. The largest absolute Gasteiger partial charge is 0.480 e. The summed E-state index contributed by atoms with van der Waals surface area (Å²) >= 11 is 0. The Labute approximate surface area is 106 Å². The van der Waals surface area contributed by atoms with Gasteiger partial charge in [-0.2, -0.15) is 0 Å². The fourth-order valence-corrected chi connectivity index (χ4v) is 1.45. The molecular weight excluding hydrogens is 234 g/mol. The van der Waals surface area contributed by atoms with E-state index in [1.54, 1.807) is 26.0 Å². The SMILES string of the molecule is Cc1ccc(/C=C/C(=O)N(CC(=O)O)C(C)C)o1. The van der Waals surface area contributed by atoms with E-state index in [9.17, 15) is 9.59 Å². The summed E-state index contributed by atoms with van der Waals surface area (Å²) in [4.78, 5) is 23.8. The summed E-state index contributed by atoms with van der Waals surface area (Å²) in [6.45, 7) is 5.04. The van der Waals surface area contributed by atoms with Gasteiger partial charge in [0.25, 0.3) is 0 Å². The van der Waals surface area contributed by atoms with Gasteiger partial charge in [-0.15, -0.1) is 0 Å². The lowest BCUT2D eigenvalue weighted by atomic mass is 10.3. The number of carbonyl (C=O) groups is 2. The maximum Gasteiger partial charge on any atom is 0.323 e. The fourth-order valence-electron chi connectivity index (χ4n) is 1.45. The first-order valence-corrected chi connectivity index (χ1v) is 5.67. The van der Waals surface area contributed by atoms with Crippen molar-refractivity contribution in [3.05, 3.63) is 29.7 Å². The maximum atomic E-state index is 11.8. The molecule has 1 amide bonds. The van der Waals surface area contributed by atoms with Gasteiger partial charge in [0.1, 0.15) is 18.1 Å². The lowest BCUT2D eigenvalue weighted by Crippen LogP contribution is -2.39. The van der Waals surface area contributed by atoms with E-state index in [0.717, 1.165) is 5.76 Å². The minimum Gasteiger partial charge on any atom is -0.480 e. The minimum atomic E-state index is -1.03. The zero-order valence-corrected chi connectivity index (χ0v) is 10.7. The Morgan fingerprint density at radius 3 is 2.56 bits per heavy atom. The molecule has 0 aliphatic carbocycles. The quantitative estimate of drug-likeness (QED) is 0.812. The van der Waals surface area contributed by atoms with Crippen molar-refractivity contribution >= 4 is 18.0 Å². The van der Waals surface area contributed by atoms with Crippen LogP contribution in [-0.2, 0) is 9.59 Å². The van der Waals surface area contributed by atoms with Crippen LogP contribution in [0.2, 0.25) is 0 Å². The molecule has 1 heterocycles. The molecule has 0 radical (unpaired) electrons. The summed E-state index contributed by atoms with van der Waals surface area (Å²) in [5.41, 5.74) is 0. The van der Waals surface area contributed by atoms with Gasteiger partial charge in [-0.1, -0.05) is 0 Å². The molecule has 5 nitrogen and oxygen atoms in total. The third-order valence-corrected chi connectivity index (χ3v) is 2.36. The van der Waals surface area contributed by atoms with Crippen LogP contribution in [0.5, 0.6) is 0 Å². The number of rotatable bonds is 5. The summed E-state index contributed by atoms with van der Waals surface area (Å²) in [6.07, 6.45) is 2.85. The van der Waals surface area contributed by atoms with Gasteiger partial charge in [0.05, 0.1) is 0 Å². The second-order valence-electron chi connectivity index (χ2n) is 4.24. The van der Waals surface area contributed by atoms with Crippen molar-refractivity contribution < 1.29 is 19.1 Å². The van der Waals surface area contributed by atoms with E-state index in [0.29, 0.717) is 5.76 Å². The van der Waals surface area contributed by atoms with E-state index >= 15 is 0 Å². The predicted molar refractivity (Wildman–Crippen MR) is 67.0 cm³/mol. The van der Waals surface area contributed by atoms with Crippen LogP contribution in [0, 0.1) is 6.92 Å². The maximum absolute atomic E-state index is 11.8. The van der Waals surface area contributed by atoms with Gasteiger partial charge in [-0.25, -0.2) is 0 Å². The Hall–Kier alpha value is -2.04. The Balaban J connectivity index is 2.72. The van der Waals surface area contributed by atoms with Crippen LogP contribution in [-0.4, -0.2) is 34.5 Å². The number of carbonyl (C=O) groups excluding carboxylic acids is 1. The molecule has 1 N–H and O–H groups in total. The molecule has 0 spiro atoms. The average molecular weight is 251 g/mol. The molecule has 18 heavy (non-hydrogen) atoms. The summed E-state index contributed by atoms with van der Waals surface area (Å²) in [7, 11) is 0. The van der Waals surface area contributed by atoms with Gasteiger partial charge in [0.2, 0.25) is 5.91 Å². The molecule has 0 unspecified atom stereocenters. The number of amides is 1. The molecule has 5 heteroatoms. The van der Waals surface area contributed by atoms with Crippen LogP contribution >= 0.6 is 0 Å². The predicted octanol–water partition coefficient (Wildman–Crippen LogP) is 1.92. The first-order valence-electron chi connectivity index (χ1n) is 5.67. The molecule has 1 aromatic rings. The van der Waals surface area contributed by atoms with Gasteiger partial charge in [0.15, 0.2) is 0 Å². The zero-order chi connectivity index (χ0) is 13.7. The van der Waals surface area contributed by atoms with Gasteiger partial charge in [-0.3, -0.25) is 9.59 Å². The molecule has 0 aliphatic heterocycles. The van der Waals surface area contributed by atoms with Crippen molar-refractivity contribution in [1.29, 1.82) is 0 Å². The van der Waals surface area contributed by atoms with E-state index in [-0.39, 0.29) is 18.5 Å². The molecule has 0 atom stereocenters. The van der Waals surface area contributed by atoms with Crippen LogP contribution in [0.3, 0.4) is 0 Å².